The summed E-state index contributed by atoms with van der Waals surface area (Å²) in [5, 5.41) is 53.8. The third-order valence-corrected chi connectivity index (χ3v) is 18.2. The molecule has 8 N–H and O–H groups in total. The summed E-state index contributed by atoms with van der Waals surface area (Å²) in [6, 6.07) is 13.1. The van der Waals surface area contributed by atoms with Gasteiger partial charge in [0.2, 0.25) is 0 Å². The molecule has 0 aliphatic carbocycles. The monoisotopic (exact) mass is 1560 g/mol. The summed E-state index contributed by atoms with van der Waals surface area (Å²) in [4.78, 5) is 12.9. The van der Waals surface area contributed by atoms with E-state index in [4.69, 9.17) is 0 Å². The molecule has 0 amide bonds. The predicted octanol–water partition coefficient (Wildman–Crippen LogP) is 19.2. The van der Waals surface area contributed by atoms with Gasteiger partial charge in [0.15, 0.2) is 0 Å². The van der Waals surface area contributed by atoms with Crippen molar-refractivity contribution in [1.82, 2.24) is 41.2 Å². The molecule has 12 nitrogen and oxygen atoms in total. The Hall–Kier alpha value is -7.48. The number of rotatable bonds is 12. The van der Waals surface area contributed by atoms with Crippen molar-refractivity contribution >= 4 is 43.6 Å². The molecule has 4 aromatic heterocycles. The van der Waals surface area contributed by atoms with Crippen LogP contribution in [0.1, 0.15) is 189 Å². The summed E-state index contributed by atoms with van der Waals surface area (Å²) in [6.45, 7) is 4.17. The highest BCUT2D eigenvalue weighted by molar-refractivity contribution is 5.89. The van der Waals surface area contributed by atoms with Gasteiger partial charge < -0.3 is 41.7 Å². The van der Waals surface area contributed by atoms with Crippen LogP contribution in [-0.2, 0) is 49.4 Å². The zero-order chi connectivity index (χ0) is 79.0. The molecule has 3 fully saturated rings. The summed E-state index contributed by atoms with van der Waals surface area (Å²) >= 11 is 0. The van der Waals surface area contributed by atoms with Crippen LogP contribution in [0.5, 0.6) is 0 Å². The maximum Gasteiger partial charge on any atom is 0.433 e. The average Bonchev–Trinajstić information content (AvgIpc) is 1.23. The Bertz CT molecular complexity index is 4130. The van der Waals surface area contributed by atoms with E-state index in [1.54, 1.807) is 0 Å². The maximum atomic E-state index is 13.3. The number of benzene rings is 4. The van der Waals surface area contributed by atoms with E-state index in [-0.39, 0.29) is 50.3 Å². The Labute approximate surface area is 594 Å². The molecule has 4 aromatic carbocycles. The minimum Gasteiger partial charge on any atom is -0.387 e. The summed E-state index contributed by atoms with van der Waals surface area (Å²) in [5.41, 5.74) is -14.9. The maximum absolute atomic E-state index is 13.3. The highest BCUT2D eigenvalue weighted by Crippen LogP contribution is 2.46. The second kappa shape index (κ2) is 34.6. The number of fused-ring (bicyclic) bond motifs is 4. The number of nitrogens with zero attached hydrogens (tertiary/aromatic N) is 4. The first-order valence-electron chi connectivity index (χ1n) is 33.8. The standard InChI is InChI=1S/2C19H20F6N2O.C17H18F6N2O.C16H14F6N2O/c2*20-18(21,22)13-7-5-6-11-12(10-15(19(23,24)25)27-16(11)13)17(28)14-8-3-1-2-4-9-26-14;1-2-3-7-24-9-13(26)11-8-14(17(21,22)23)25-15-10(11)5-4-6-12(15)16(18,19)20;17-15(18,19)10-4-1-3-8-9(14(25)11-5-2-6-23-11)7-12(16(20,21)22)24-13(8)10/h2*5-7,10,14,17,26,28H,1-4,8-9H2;4-6,8,13,24,26H,2-3,7,9H2,1H3;1,3-4,7,11,14,23,25H,2,5-6H2. The van der Waals surface area contributed by atoms with Crippen LogP contribution in [0.4, 0.5) is 105 Å². The lowest BCUT2D eigenvalue weighted by atomic mass is 9.92. The largest absolute Gasteiger partial charge is 0.433 e. The van der Waals surface area contributed by atoms with Crippen molar-refractivity contribution in [2.75, 3.05) is 32.7 Å². The molecule has 7 unspecified atom stereocenters. The molecular weight excluding hydrogens is 1480 g/mol. The van der Waals surface area contributed by atoms with Gasteiger partial charge in [-0.1, -0.05) is 100 Å². The fraction of sp³-hybridized carbons (Fsp3) is 0.493. The summed E-state index contributed by atoms with van der Waals surface area (Å²) < 4.78 is 318. The Morgan fingerprint density at radius 2 is 0.617 bits per heavy atom. The zero-order valence-electron chi connectivity index (χ0n) is 56.4. The molecule has 36 heteroatoms. The van der Waals surface area contributed by atoms with Crippen molar-refractivity contribution in [3.63, 3.8) is 0 Å². The lowest BCUT2D eigenvalue weighted by Gasteiger charge is -2.28. The Balaban J connectivity index is 0.000000180. The lowest BCUT2D eigenvalue weighted by Crippen LogP contribution is -2.36. The number of halogens is 24. The van der Waals surface area contributed by atoms with Crippen molar-refractivity contribution in [3.05, 3.63) is 164 Å². The number of aromatic nitrogens is 4. The molecule has 0 radical (unpaired) electrons. The second-order valence-corrected chi connectivity index (χ2v) is 25.8. The minimum absolute atomic E-state index is 0.0767. The molecule has 3 aliphatic rings. The topological polar surface area (TPSA) is 181 Å². The molecule has 107 heavy (non-hydrogen) atoms. The number of aliphatic hydroxyl groups is 4. The second-order valence-electron chi connectivity index (χ2n) is 25.8. The van der Waals surface area contributed by atoms with Gasteiger partial charge in [0.05, 0.1) is 68.7 Å². The zero-order valence-corrected chi connectivity index (χ0v) is 56.4. The number of para-hydroxylation sites is 4. The van der Waals surface area contributed by atoms with Crippen LogP contribution < -0.4 is 21.3 Å². The van der Waals surface area contributed by atoms with Crippen LogP contribution in [0.2, 0.25) is 0 Å². The van der Waals surface area contributed by atoms with E-state index in [1.165, 1.54) is 24.3 Å². The first kappa shape index (κ1) is 85.1. The van der Waals surface area contributed by atoms with Gasteiger partial charge in [-0.25, -0.2) is 19.9 Å². The summed E-state index contributed by atoms with van der Waals surface area (Å²) in [6.07, 6.45) is -33.5. The van der Waals surface area contributed by atoms with Crippen molar-refractivity contribution in [1.29, 1.82) is 0 Å². The SMILES string of the molecule is CCCCNCC(O)c1cc(C(F)(F)F)nc2c(C(F)(F)F)cccc12.OC(c1cc(C(F)(F)F)nc2c(C(F)(F)F)cccc12)C1CCCCCCN1.OC(c1cc(C(F)(F)F)nc2c(C(F)(F)F)cccc12)C1CCCCCCN1.OC(c1cc(C(F)(F)F)nc2c(C(F)(F)F)cccc12)C1CCCN1. The van der Waals surface area contributed by atoms with Gasteiger partial charge in [-0.05, 0) is 142 Å². The van der Waals surface area contributed by atoms with E-state index < -0.39 is 159 Å². The number of pyridine rings is 4. The number of unbranched alkanes of at least 4 members (excludes halogenated alkanes) is 1. The van der Waals surface area contributed by atoms with E-state index >= 15 is 0 Å². The molecule has 0 saturated carbocycles. The molecule has 7 atom stereocenters. The quantitative estimate of drug-likeness (QED) is 0.0429. The van der Waals surface area contributed by atoms with Crippen molar-refractivity contribution in [3.8, 4) is 0 Å². The van der Waals surface area contributed by atoms with E-state index in [2.05, 4.69) is 41.2 Å². The normalized spacial score (nSPS) is 18.9. The first-order chi connectivity index (χ1) is 49.8. The molecule has 3 saturated heterocycles. The van der Waals surface area contributed by atoms with E-state index in [9.17, 15) is 126 Å². The molecule has 3 aliphatic heterocycles. The molecule has 11 rings (SSSR count). The van der Waals surface area contributed by atoms with Crippen molar-refractivity contribution < 1.29 is 126 Å². The average molecular weight is 1560 g/mol. The van der Waals surface area contributed by atoms with E-state index in [0.29, 0.717) is 94.0 Å². The molecule has 0 bridgehead atoms. The smallest absolute Gasteiger partial charge is 0.387 e. The Kier molecular flexibility index (Phi) is 27.5. The third kappa shape index (κ3) is 21.7. The predicted molar refractivity (Wildman–Crippen MR) is 345 cm³/mol. The molecule has 588 valence electrons. The van der Waals surface area contributed by atoms with Gasteiger partial charge in [-0.15, -0.1) is 0 Å². The van der Waals surface area contributed by atoms with Gasteiger partial charge in [0.1, 0.15) is 22.8 Å². The summed E-state index contributed by atoms with van der Waals surface area (Å²) in [7, 11) is 0. The van der Waals surface area contributed by atoms with E-state index in [1.807, 2.05) is 6.92 Å². The highest BCUT2D eigenvalue weighted by Gasteiger charge is 2.44. The highest BCUT2D eigenvalue weighted by atomic mass is 19.4. The first-order valence-corrected chi connectivity index (χ1v) is 33.8. The third-order valence-electron chi connectivity index (χ3n) is 18.2. The molecule has 7 heterocycles. The Morgan fingerprint density at radius 1 is 0.355 bits per heavy atom. The van der Waals surface area contributed by atoms with Crippen LogP contribution in [0.3, 0.4) is 0 Å². The van der Waals surface area contributed by atoms with Crippen molar-refractivity contribution in [2.45, 2.75) is 189 Å². The van der Waals surface area contributed by atoms with Crippen LogP contribution in [0.25, 0.3) is 43.6 Å². The Morgan fingerprint density at radius 3 is 0.879 bits per heavy atom. The fourth-order valence-corrected chi connectivity index (χ4v) is 12.9. The van der Waals surface area contributed by atoms with E-state index in [0.717, 1.165) is 94.9 Å². The lowest BCUT2D eigenvalue weighted by molar-refractivity contribution is -0.142. The van der Waals surface area contributed by atoms with Gasteiger partial charge in [-0.2, -0.15) is 105 Å². The number of nitrogens with one attached hydrogen (secondary N) is 4. The number of hydrogen-bond acceptors (Lipinski definition) is 12. The van der Waals surface area contributed by atoms with Gasteiger partial charge in [0, 0.05) is 46.2 Å². The van der Waals surface area contributed by atoms with Crippen molar-refractivity contribution in [2.24, 2.45) is 0 Å². The van der Waals surface area contributed by atoms with Gasteiger partial charge >= 0.3 is 49.4 Å². The minimum atomic E-state index is -4.93. The van der Waals surface area contributed by atoms with Crippen LogP contribution >= 0.6 is 0 Å². The van der Waals surface area contributed by atoms with Gasteiger partial charge in [-0.3, -0.25) is 0 Å². The molecule has 0 spiro atoms. The molecular formula is C71H72F24N8O4. The summed E-state index contributed by atoms with van der Waals surface area (Å²) in [5.74, 6) is 0. The van der Waals surface area contributed by atoms with Crippen LogP contribution in [-0.4, -0.2) is 91.2 Å². The van der Waals surface area contributed by atoms with Gasteiger partial charge in [0.25, 0.3) is 0 Å². The number of hydrogen-bond donors (Lipinski definition) is 8. The van der Waals surface area contributed by atoms with Crippen LogP contribution in [0, 0.1) is 0 Å². The number of aliphatic hydroxyl groups excluding tert-OH is 4. The van der Waals surface area contributed by atoms with Crippen LogP contribution in [0.15, 0.2) is 97.1 Å². The number of alkyl halides is 24. The molecule has 8 aromatic rings. The fourth-order valence-electron chi connectivity index (χ4n) is 12.9.